The summed E-state index contributed by atoms with van der Waals surface area (Å²) in [6.07, 6.45) is 8.63. The van der Waals surface area contributed by atoms with Crippen molar-refractivity contribution in [3.63, 3.8) is 0 Å². The average Bonchev–Trinajstić information content (AvgIpc) is 2.75. The van der Waals surface area contributed by atoms with Gasteiger partial charge in [-0.25, -0.2) is 4.39 Å². The third-order valence-electron chi connectivity index (χ3n) is 4.91. The molecular formula is C23H21Cl2FN6O. The van der Waals surface area contributed by atoms with Crippen molar-refractivity contribution < 1.29 is 9.13 Å². The van der Waals surface area contributed by atoms with Crippen LogP contribution in [0.3, 0.4) is 0 Å². The lowest BCUT2D eigenvalue weighted by molar-refractivity contribution is 0.263. The van der Waals surface area contributed by atoms with Crippen molar-refractivity contribution in [2.24, 2.45) is 4.99 Å². The van der Waals surface area contributed by atoms with E-state index < -0.39 is 5.82 Å². The van der Waals surface area contributed by atoms with Gasteiger partial charge in [0.2, 0.25) is 0 Å². The number of halogens is 3. The largest absolute Gasteiger partial charge is 0.486 e. The molecule has 33 heavy (non-hydrogen) atoms. The first-order valence-corrected chi connectivity index (χ1v) is 10.7. The zero-order chi connectivity index (χ0) is 24.0. The molecule has 10 heteroatoms. The number of nitriles is 1. The third kappa shape index (κ3) is 5.89. The second-order valence-electron chi connectivity index (χ2n) is 7.19. The lowest BCUT2D eigenvalue weighted by atomic mass is 9.99. The van der Waals surface area contributed by atoms with Crippen molar-refractivity contribution in [3.05, 3.63) is 74.9 Å². The molecule has 0 bridgehead atoms. The predicted octanol–water partition coefficient (Wildman–Crippen LogP) is 4.80. The van der Waals surface area contributed by atoms with Crippen molar-refractivity contribution in [2.45, 2.75) is 13.0 Å². The molecular weight excluding hydrogens is 466 g/mol. The molecule has 0 unspecified atom stereocenters. The molecule has 1 aromatic heterocycles. The van der Waals surface area contributed by atoms with Crippen LogP contribution in [-0.2, 0) is 6.61 Å². The Bertz CT molecular complexity index is 1180. The smallest absolute Gasteiger partial charge is 0.167 e. The zero-order valence-corrected chi connectivity index (χ0v) is 19.3. The Kier molecular flexibility index (Phi) is 8.04. The van der Waals surface area contributed by atoms with E-state index in [4.69, 9.17) is 39.1 Å². The molecule has 1 saturated heterocycles. The summed E-state index contributed by atoms with van der Waals surface area (Å²) in [5.74, 6) is -0.826. The summed E-state index contributed by atoms with van der Waals surface area (Å²) in [5, 5.41) is 18.7. The van der Waals surface area contributed by atoms with Crippen LogP contribution < -0.4 is 10.5 Å². The molecule has 1 aliphatic rings. The first kappa shape index (κ1) is 24.2. The molecule has 2 heterocycles. The predicted molar refractivity (Wildman–Crippen MR) is 129 cm³/mol. The van der Waals surface area contributed by atoms with Crippen LogP contribution in [0.4, 0.5) is 10.1 Å². The van der Waals surface area contributed by atoms with Crippen LogP contribution in [0.15, 0.2) is 52.9 Å². The van der Waals surface area contributed by atoms with E-state index in [1.54, 1.807) is 19.3 Å². The summed E-state index contributed by atoms with van der Waals surface area (Å²) < 4.78 is 20.1. The van der Waals surface area contributed by atoms with Crippen LogP contribution in [0.5, 0.6) is 5.75 Å². The van der Waals surface area contributed by atoms with E-state index in [2.05, 4.69) is 16.0 Å². The molecule has 3 rings (SSSR count). The monoisotopic (exact) mass is 486 g/mol. The van der Waals surface area contributed by atoms with Crippen molar-refractivity contribution >= 4 is 40.8 Å². The highest BCUT2D eigenvalue weighted by Crippen LogP contribution is 2.29. The van der Waals surface area contributed by atoms with Gasteiger partial charge in [0.1, 0.15) is 12.7 Å². The average molecular weight is 487 g/mol. The van der Waals surface area contributed by atoms with Gasteiger partial charge in [0.25, 0.3) is 0 Å². The summed E-state index contributed by atoms with van der Waals surface area (Å²) in [4.78, 5) is 9.86. The Labute approximate surface area is 201 Å². The quantitative estimate of drug-likeness (QED) is 0.241. The number of aromatic nitrogens is 1. The molecule has 1 aromatic carbocycles. The number of nitrogens with one attached hydrogen (secondary N) is 1. The molecule has 1 fully saturated rings. The van der Waals surface area contributed by atoms with E-state index >= 15 is 0 Å². The van der Waals surface area contributed by atoms with Crippen LogP contribution >= 0.6 is 23.2 Å². The Balaban J connectivity index is 1.92. The molecule has 0 spiro atoms. The number of nitrogens with zero attached hydrogens (tertiary/aromatic N) is 4. The minimum atomic E-state index is -0.699. The summed E-state index contributed by atoms with van der Waals surface area (Å²) in [6.45, 7) is 1.65. The lowest BCUT2D eigenvalue weighted by Crippen LogP contribution is -2.32. The molecule has 2 aromatic rings. The van der Waals surface area contributed by atoms with Crippen molar-refractivity contribution in [2.75, 3.05) is 25.9 Å². The molecule has 0 aliphatic carbocycles. The van der Waals surface area contributed by atoms with Gasteiger partial charge in [-0.1, -0.05) is 23.2 Å². The fourth-order valence-corrected chi connectivity index (χ4v) is 3.50. The Morgan fingerprint density at radius 3 is 2.64 bits per heavy atom. The zero-order valence-electron chi connectivity index (χ0n) is 17.8. The van der Waals surface area contributed by atoms with Gasteiger partial charge in [-0.2, -0.15) is 5.26 Å². The number of aliphatic imine (C=N–C) groups is 1. The maximum atomic E-state index is 14.5. The van der Waals surface area contributed by atoms with Gasteiger partial charge in [-0.05, 0) is 18.6 Å². The van der Waals surface area contributed by atoms with Gasteiger partial charge in [0, 0.05) is 73.4 Å². The summed E-state index contributed by atoms with van der Waals surface area (Å²) in [5.41, 5.74) is 7.41. The fraction of sp³-hybridized carbons (Fsp3) is 0.217. The highest BCUT2D eigenvalue weighted by molar-refractivity contribution is 6.35. The maximum absolute atomic E-state index is 14.5. The highest BCUT2D eigenvalue weighted by Gasteiger charge is 2.17. The molecule has 170 valence electrons. The number of nitrogen functional groups attached to an aromatic ring is 1. The van der Waals surface area contributed by atoms with E-state index in [1.165, 1.54) is 24.7 Å². The standard InChI is InChI=1S/C23H21Cl2FN6O/c1-30-9-15(5-14(8-27)12-32-3-2-4-32)23(29)16-6-22(20(26)7-21(16)28)33-13-17-18(24)10-31-11-19(17)25/h5-7,9-12,29H,2-4,13,28H2,1H3/b14-12-,15-5+,29-23?,30-9?. The Morgan fingerprint density at radius 2 is 2.06 bits per heavy atom. The van der Waals surface area contributed by atoms with Crippen molar-refractivity contribution in [3.8, 4) is 11.8 Å². The topological polar surface area (TPSA) is 111 Å². The first-order chi connectivity index (χ1) is 15.8. The normalized spacial score (nSPS) is 14.2. The van der Waals surface area contributed by atoms with Crippen LogP contribution in [0.2, 0.25) is 10.0 Å². The molecule has 0 amide bonds. The number of rotatable bonds is 8. The number of hydrogen-bond donors (Lipinski definition) is 2. The van der Waals surface area contributed by atoms with E-state index in [0.717, 1.165) is 25.6 Å². The minimum absolute atomic E-state index is 0.0346. The van der Waals surface area contributed by atoms with Crippen LogP contribution in [0, 0.1) is 22.6 Å². The molecule has 0 saturated carbocycles. The number of ether oxygens (including phenoxy) is 1. The number of nitrogens with two attached hydrogens (primary N) is 1. The van der Waals surface area contributed by atoms with E-state index in [0.29, 0.717) is 16.7 Å². The number of allylic oxidation sites excluding steroid dienone is 3. The molecule has 0 atom stereocenters. The van der Waals surface area contributed by atoms with E-state index in [9.17, 15) is 9.65 Å². The molecule has 1 aliphatic heterocycles. The Morgan fingerprint density at radius 1 is 1.36 bits per heavy atom. The fourth-order valence-electron chi connectivity index (χ4n) is 3.02. The van der Waals surface area contributed by atoms with Gasteiger partial charge in [-0.15, -0.1) is 0 Å². The summed E-state index contributed by atoms with van der Waals surface area (Å²) >= 11 is 12.2. The van der Waals surface area contributed by atoms with Gasteiger partial charge < -0.3 is 15.4 Å². The van der Waals surface area contributed by atoms with Crippen molar-refractivity contribution in [1.82, 2.24) is 9.88 Å². The van der Waals surface area contributed by atoms with Gasteiger partial charge >= 0.3 is 0 Å². The second-order valence-corrected chi connectivity index (χ2v) is 8.00. The highest BCUT2D eigenvalue weighted by atomic mass is 35.5. The van der Waals surface area contributed by atoms with Crippen LogP contribution in [0.25, 0.3) is 0 Å². The molecule has 7 nitrogen and oxygen atoms in total. The number of pyridine rings is 1. The second kappa shape index (κ2) is 10.9. The number of anilines is 1. The number of benzene rings is 1. The maximum Gasteiger partial charge on any atom is 0.167 e. The van der Waals surface area contributed by atoms with E-state index in [-0.39, 0.29) is 39.4 Å². The number of likely N-dealkylation sites (tertiary alicyclic amines) is 1. The van der Waals surface area contributed by atoms with Crippen molar-refractivity contribution in [1.29, 1.82) is 10.7 Å². The van der Waals surface area contributed by atoms with Crippen LogP contribution in [-0.4, -0.2) is 41.9 Å². The van der Waals surface area contributed by atoms with E-state index in [1.807, 2.05) is 4.90 Å². The van der Waals surface area contributed by atoms with Gasteiger partial charge in [0.15, 0.2) is 11.6 Å². The summed E-state index contributed by atoms with van der Waals surface area (Å²) in [6, 6.07) is 4.53. The lowest BCUT2D eigenvalue weighted by Gasteiger charge is -2.29. The summed E-state index contributed by atoms with van der Waals surface area (Å²) in [7, 11) is 1.55. The van der Waals surface area contributed by atoms with Gasteiger partial charge in [0.05, 0.1) is 21.3 Å². The Hall–Kier alpha value is -3.41. The molecule has 3 N–H and O–H groups in total. The number of hydrogen-bond acceptors (Lipinski definition) is 7. The SMILES string of the molecule is CN=C/C(=C\C(C#N)=C\N1CCC1)C(=N)c1cc(OCc2c(Cl)cncc2Cl)c(F)cc1N. The minimum Gasteiger partial charge on any atom is -0.486 e. The first-order valence-electron chi connectivity index (χ1n) is 9.92. The van der Waals surface area contributed by atoms with Gasteiger partial charge in [-0.3, -0.25) is 15.4 Å². The third-order valence-corrected chi connectivity index (χ3v) is 5.56. The molecule has 0 radical (unpaired) electrons. The van der Waals surface area contributed by atoms with Crippen LogP contribution in [0.1, 0.15) is 17.5 Å².